The number of nitrogens with zero attached hydrogens (tertiary/aromatic N) is 2. The van der Waals surface area contributed by atoms with Gasteiger partial charge in [0.15, 0.2) is 6.61 Å². The molecule has 0 bridgehead atoms. The normalized spacial score (nSPS) is 10.7. The summed E-state index contributed by atoms with van der Waals surface area (Å²) < 4.78 is 8.14. The minimum Gasteiger partial charge on any atom is -0.484 e. The molecule has 0 fully saturated rings. The number of carbonyl (C=O) groups is 1. The molecule has 1 N–H and O–H groups in total. The van der Waals surface area contributed by atoms with Gasteiger partial charge in [0.05, 0.1) is 6.21 Å². The van der Waals surface area contributed by atoms with E-state index < -0.39 is 0 Å². The maximum Gasteiger partial charge on any atom is 0.277 e. The molecule has 1 aromatic carbocycles. The van der Waals surface area contributed by atoms with Crippen molar-refractivity contribution in [2.24, 2.45) is 12.1 Å². The van der Waals surface area contributed by atoms with E-state index in [1.807, 2.05) is 42.2 Å². The van der Waals surface area contributed by atoms with E-state index in [1.165, 1.54) is 0 Å². The highest BCUT2D eigenvalue weighted by Crippen LogP contribution is 2.17. The van der Waals surface area contributed by atoms with Crippen molar-refractivity contribution in [2.75, 3.05) is 6.61 Å². The van der Waals surface area contributed by atoms with Crippen molar-refractivity contribution in [3.05, 3.63) is 52.8 Å². The number of rotatable bonds is 5. The molecule has 2 rings (SSSR count). The molecule has 0 radical (unpaired) electrons. The molecule has 0 aliphatic rings. The summed E-state index contributed by atoms with van der Waals surface area (Å²) >= 11 is 3.33. The lowest BCUT2D eigenvalue weighted by Gasteiger charge is -2.04. The monoisotopic (exact) mass is 335 g/mol. The van der Waals surface area contributed by atoms with E-state index in [0.717, 1.165) is 10.0 Å². The van der Waals surface area contributed by atoms with Crippen molar-refractivity contribution in [1.82, 2.24) is 9.99 Å². The van der Waals surface area contributed by atoms with Gasteiger partial charge in [-0.1, -0.05) is 22.0 Å². The van der Waals surface area contributed by atoms with Gasteiger partial charge < -0.3 is 9.30 Å². The van der Waals surface area contributed by atoms with Crippen LogP contribution in [0.2, 0.25) is 0 Å². The molecule has 5 nitrogen and oxygen atoms in total. The van der Waals surface area contributed by atoms with E-state index in [4.69, 9.17) is 4.74 Å². The lowest BCUT2D eigenvalue weighted by Crippen LogP contribution is -2.24. The van der Waals surface area contributed by atoms with Crippen molar-refractivity contribution < 1.29 is 9.53 Å². The number of hydrogen-bond acceptors (Lipinski definition) is 3. The number of aryl methyl sites for hydroxylation is 1. The molecule has 0 unspecified atom stereocenters. The average molecular weight is 336 g/mol. The number of amides is 1. The number of halogens is 1. The van der Waals surface area contributed by atoms with Crippen LogP contribution in [0.4, 0.5) is 0 Å². The van der Waals surface area contributed by atoms with E-state index in [-0.39, 0.29) is 12.5 Å². The Bertz CT molecular complexity index is 622. The van der Waals surface area contributed by atoms with Gasteiger partial charge in [-0.25, -0.2) is 5.43 Å². The molecule has 2 aromatic rings. The van der Waals surface area contributed by atoms with E-state index >= 15 is 0 Å². The Morgan fingerprint density at radius 2 is 2.35 bits per heavy atom. The molecule has 0 aliphatic carbocycles. The fourth-order valence-electron chi connectivity index (χ4n) is 1.52. The maximum absolute atomic E-state index is 11.5. The van der Waals surface area contributed by atoms with Crippen LogP contribution in [-0.4, -0.2) is 23.3 Å². The van der Waals surface area contributed by atoms with Gasteiger partial charge >= 0.3 is 0 Å². The minimum absolute atomic E-state index is 0.0808. The zero-order valence-electron chi connectivity index (χ0n) is 10.9. The maximum atomic E-state index is 11.5. The summed E-state index contributed by atoms with van der Waals surface area (Å²) in [6, 6.07) is 9.20. The van der Waals surface area contributed by atoms with E-state index in [2.05, 4.69) is 26.5 Å². The van der Waals surface area contributed by atoms with Gasteiger partial charge in [0.1, 0.15) is 5.75 Å². The predicted molar refractivity (Wildman–Crippen MR) is 80.8 cm³/mol. The van der Waals surface area contributed by atoms with Crippen molar-refractivity contribution in [2.45, 2.75) is 0 Å². The highest BCUT2D eigenvalue weighted by Gasteiger charge is 2.01. The second kappa shape index (κ2) is 6.91. The van der Waals surface area contributed by atoms with Gasteiger partial charge in [0.25, 0.3) is 5.91 Å². The smallest absolute Gasteiger partial charge is 0.277 e. The second-order valence-corrected chi connectivity index (χ2v) is 5.07. The number of hydrazone groups is 1. The minimum atomic E-state index is -0.308. The van der Waals surface area contributed by atoms with Crippen LogP contribution in [-0.2, 0) is 11.8 Å². The van der Waals surface area contributed by atoms with Crippen LogP contribution in [0.5, 0.6) is 5.75 Å². The van der Waals surface area contributed by atoms with Gasteiger partial charge in [-0.2, -0.15) is 5.10 Å². The lowest BCUT2D eigenvalue weighted by atomic mass is 10.3. The predicted octanol–water partition coefficient (Wildman–Crippen LogP) is 2.32. The first kappa shape index (κ1) is 14.3. The fourth-order valence-corrected chi connectivity index (χ4v) is 1.90. The van der Waals surface area contributed by atoms with Crippen molar-refractivity contribution in [3.63, 3.8) is 0 Å². The number of nitrogens with one attached hydrogen (secondary N) is 1. The number of carbonyl (C=O) groups excluding carboxylic acids is 1. The van der Waals surface area contributed by atoms with Crippen LogP contribution in [0.1, 0.15) is 5.56 Å². The van der Waals surface area contributed by atoms with Crippen LogP contribution >= 0.6 is 15.9 Å². The first-order valence-electron chi connectivity index (χ1n) is 5.96. The lowest BCUT2D eigenvalue weighted by molar-refractivity contribution is -0.123. The molecule has 1 amide bonds. The number of ether oxygens (including phenoxy) is 1. The molecule has 0 spiro atoms. The molecule has 6 heteroatoms. The molecule has 20 heavy (non-hydrogen) atoms. The number of hydrogen-bond donors (Lipinski definition) is 1. The molecule has 0 saturated carbocycles. The average Bonchev–Trinajstić information content (AvgIpc) is 2.82. The second-order valence-electron chi connectivity index (χ2n) is 4.15. The molecule has 0 saturated heterocycles. The summed E-state index contributed by atoms with van der Waals surface area (Å²) in [7, 11) is 1.92. The van der Waals surface area contributed by atoms with Gasteiger partial charge in [0, 0.05) is 29.5 Å². The number of benzene rings is 1. The Hall–Kier alpha value is -2.08. The molecule has 0 atom stereocenters. The molecule has 0 aliphatic heterocycles. The Morgan fingerprint density at radius 1 is 1.50 bits per heavy atom. The van der Waals surface area contributed by atoms with Gasteiger partial charge in [0.2, 0.25) is 0 Å². The Balaban J connectivity index is 1.77. The SMILES string of the molecule is Cn1ccc(/C=N/NC(=O)COc2cccc(Br)c2)c1. The van der Waals surface area contributed by atoms with Gasteiger partial charge in [-0.3, -0.25) is 4.79 Å². The van der Waals surface area contributed by atoms with E-state index in [1.54, 1.807) is 18.3 Å². The Morgan fingerprint density at radius 3 is 3.05 bits per heavy atom. The third kappa shape index (κ3) is 4.55. The molecular formula is C14H14BrN3O2. The third-order valence-electron chi connectivity index (χ3n) is 2.42. The van der Waals surface area contributed by atoms with Crippen molar-refractivity contribution in [3.8, 4) is 5.75 Å². The zero-order chi connectivity index (χ0) is 14.4. The highest BCUT2D eigenvalue weighted by atomic mass is 79.9. The topological polar surface area (TPSA) is 55.6 Å². The van der Waals surface area contributed by atoms with Crippen LogP contribution < -0.4 is 10.2 Å². The first-order chi connectivity index (χ1) is 9.63. The molecule has 1 heterocycles. The number of aromatic nitrogens is 1. The summed E-state index contributed by atoms with van der Waals surface area (Å²) in [5, 5.41) is 3.86. The van der Waals surface area contributed by atoms with Gasteiger partial charge in [-0.15, -0.1) is 0 Å². The molecular weight excluding hydrogens is 322 g/mol. The van der Waals surface area contributed by atoms with Crippen LogP contribution in [0.15, 0.2) is 52.3 Å². The summed E-state index contributed by atoms with van der Waals surface area (Å²) in [5.74, 6) is 0.318. The van der Waals surface area contributed by atoms with Gasteiger partial charge in [-0.05, 0) is 24.3 Å². The summed E-state index contributed by atoms with van der Waals surface area (Å²) in [6.07, 6.45) is 5.38. The largest absolute Gasteiger partial charge is 0.484 e. The van der Waals surface area contributed by atoms with Crippen LogP contribution in [0, 0.1) is 0 Å². The quantitative estimate of drug-likeness (QED) is 0.673. The third-order valence-corrected chi connectivity index (χ3v) is 2.92. The Labute approximate surface area is 125 Å². The first-order valence-corrected chi connectivity index (χ1v) is 6.75. The summed E-state index contributed by atoms with van der Waals surface area (Å²) in [5.41, 5.74) is 3.33. The fraction of sp³-hybridized carbons (Fsp3) is 0.143. The molecule has 1 aromatic heterocycles. The van der Waals surface area contributed by atoms with E-state index in [0.29, 0.717) is 5.75 Å². The highest BCUT2D eigenvalue weighted by molar-refractivity contribution is 9.10. The van der Waals surface area contributed by atoms with E-state index in [9.17, 15) is 4.79 Å². The standard InChI is InChI=1S/C14H14BrN3O2/c1-18-6-5-11(9-18)8-16-17-14(19)10-20-13-4-2-3-12(15)7-13/h2-9H,10H2,1H3,(H,17,19)/b16-8+. The Kier molecular flexibility index (Phi) is 4.95. The van der Waals surface area contributed by atoms with Crippen molar-refractivity contribution >= 4 is 28.1 Å². The summed E-state index contributed by atoms with van der Waals surface area (Å²) in [4.78, 5) is 11.5. The molecule has 104 valence electrons. The van der Waals surface area contributed by atoms with Crippen LogP contribution in [0.25, 0.3) is 0 Å². The van der Waals surface area contributed by atoms with Crippen molar-refractivity contribution in [1.29, 1.82) is 0 Å². The summed E-state index contributed by atoms with van der Waals surface area (Å²) in [6.45, 7) is -0.0808. The van der Waals surface area contributed by atoms with Crippen LogP contribution in [0.3, 0.4) is 0 Å². The zero-order valence-corrected chi connectivity index (χ0v) is 12.5.